The van der Waals surface area contributed by atoms with Crippen molar-refractivity contribution in [1.82, 2.24) is 0 Å². The Labute approximate surface area is 69.6 Å². The number of rotatable bonds is 4. The molecule has 0 saturated carbocycles. The molecule has 1 atom stereocenters. The van der Waals surface area contributed by atoms with Gasteiger partial charge in [-0.3, -0.25) is 0 Å². The maximum absolute atomic E-state index is 5.25. The van der Waals surface area contributed by atoms with Crippen LogP contribution in [0.1, 0.15) is 6.92 Å². The van der Waals surface area contributed by atoms with Crippen LogP contribution in [0.2, 0.25) is 0 Å². The van der Waals surface area contributed by atoms with Crippen molar-refractivity contribution in [2.45, 2.75) is 6.92 Å². The van der Waals surface area contributed by atoms with E-state index in [1.807, 2.05) is 13.0 Å². The van der Waals surface area contributed by atoms with Gasteiger partial charge in [0.1, 0.15) is 0 Å². The van der Waals surface area contributed by atoms with Crippen LogP contribution in [0.5, 0.6) is 0 Å². The highest BCUT2D eigenvalue weighted by atomic mass is 31.1. The van der Waals surface area contributed by atoms with Crippen LogP contribution in [0.15, 0.2) is 30.3 Å². The van der Waals surface area contributed by atoms with Crippen molar-refractivity contribution in [2.75, 3.05) is 13.0 Å². The predicted octanol–water partition coefficient (Wildman–Crippen LogP) is 1.98. The molecule has 0 aliphatic heterocycles. The Balaban J connectivity index is 2.28. The van der Waals surface area contributed by atoms with Gasteiger partial charge in [-0.1, -0.05) is 38.9 Å². The van der Waals surface area contributed by atoms with Crippen LogP contribution in [-0.2, 0) is 4.74 Å². The van der Waals surface area contributed by atoms with Gasteiger partial charge in [0, 0.05) is 6.61 Å². The quantitative estimate of drug-likeness (QED) is 0.493. The summed E-state index contributed by atoms with van der Waals surface area (Å²) in [6, 6.07) is 10.4. The van der Waals surface area contributed by atoms with Crippen molar-refractivity contribution in [1.29, 1.82) is 0 Å². The van der Waals surface area contributed by atoms with Gasteiger partial charge in [-0.2, -0.15) is 0 Å². The lowest BCUT2D eigenvalue weighted by Gasteiger charge is -2.00. The fraction of sp³-hybridized carbons (Fsp3) is 0.333. The molecule has 0 radical (unpaired) electrons. The third-order valence-electron chi connectivity index (χ3n) is 1.36. The zero-order chi connectivity index (χ0) is 7.94. The van der Waals surface area contributed by atoms with Gasteiger partial charge in [0.15, 0.2) is 0 Å². The van der Waals surface area contributed by atoms with Crippen LogP contribution in [0.25, 0.3) is 0 Å². The van der Waals surface area contributed by atoms with E-state index in [1.54, 1.807) is 0 Å². The summed E-state index contributed by atoms with van der Waals surface area (Å²) >= 11 is 0. The van der Waals surface area contributed by atoms with Crippen LogP contribution >= 0.6 is 8.58 Å². The van der Waals surface area contributed by atoms with Crippen molar-refractivity contribution in [3.8, 4) is 0 Å². The van der Waals surface area contributed by atoms with Crippen LogP contribution in [-0.4, -0.2) is 13.0 Å². The van der Waals surface area contributed by atoms with Crippen molar-refractivity contribution in [3.05, 3.63) is 30.3 Å². The molecule has 0 N–H and O–H groups in total. The molecule has 1 rings (SSSR count). The molecule has 0 saturated heterocycles. The lowest BCUT2D eigenvalue weighted by molar-refractivity contribution is 0.198. The van der Waals surface area contributed by atoms with Gasteiger partial charge < -0.3 is 4.74 Å². The Morgan fingerprint density at radius 2 is 2.00 bits per heavy atom. The zero-order valence-electron chi connectivity index (χ0n) is 6.71. The summed E-state index contributed by atoms with van der Waals surface area (Å²) in [5, 5.41) is 1.38. The van der Waals surface area contributed by atoms with Crippen LogP contribution < -0.4 is 5.30 Å². The van der Waals surface area contributed by atoms with Crippen LogP contribution in [0, 0.1) is 0 Å². The topological polar surface area (TPSA) is 9.23 Å². The third-order valence-corrected chi connectivity index (χ3v) is 2.45. The molecule has 60 valence electrons. The smallest absolute Gasteiger partial charge is 0.0672 e. The average Bonchev–Trinajstić information content (AvgIpc) is 2.07. The van der Waals surface area contributed by atoms with E-state index in [-0.39, 0.29) is 0 Å². The van der Waals surface area contributed by atoms with Gasteiger partial charge in [0.05, 0.1) is 6.35 Å². The molecule has 0 bridgehead atoms. The molecule has 11 heavy (non-hydrogen) atoms. The minimum absolute atomic E-state index is 0.789. The Morgan fingerprint density at radius 1 is 1.27 bits per heavy atom. The molecule has 1 unspecified atom stereocenters. The first-order chi connectivity index (χ1) is 5.43. The minimum atomic E-state index is 0.789. The molecule has 0 aliphatic carbocycles. The number of benzene rings is 1. The van der Waals surface area contributed by atoms with E-state index in [0.29, 0.717) is 0 Å². The second-order valence-electron chi connectivity index (χ2n) is 2.18. The van der Waals surface area contributed by atoms with E-state index in [1.165, 1.54) is 5.30 Å². The lowest BCUT2D eigenvalue weighted by Crippen LogP contribution is -1.96. The summed E-state index contributed by atoms with van der Waals surface area (Å²) in [6.07, 6.45) is 0.862. The molecule has 1 nitrogen and oxygen atoms in total. The molecule has 0 amide bonds. The average molecular weight is 168 g/mol. The first-order valence-electron chi connectivity index (χ1n) is 3.80. The van der Waals surface area contributed by atoms with Gasteiger partial charge >= 0.3 is 0 Å². The Kier molecular flexibility index (Phi) is 4.18. The summed E-state index contributed by atoms with van der Waals surface area (Å²) in [4.78, 5) is 0. The zero-order valence-corrected chi connectivity index (χ0v) is 7.71. The van der Waals surface area contributed by atoms with E-state index in [4.69, 9.17) is 4.74 Å². The van der Waals surface area contributed by atoms with E-state index >= 15 is 0 Å². The summed E-state index contributed by atoms with van der Waals surface area (Å²) < 4.78 is 5.25. The molecule has 0 aliphatic rings. The largest absolute Gasteiger partial charge is 0.377 e. The summed E-state index contributed by atoms with van der Waals surface area (Å²) in [7, 11) is 0.789. The predicted molar refractivity (Wildman–Crippen MR) is 50.9 cm³/mol. The first-order valence-corrected chi connectivity index (χ1v) is 5.01. The highest BCUT2D eigenvalue weighted by Crippen LogP contribution is 2.08. The number of hydrogen-bond donors (Lipinski definition) is 0. The summed E-state index contributed by atoms with van der Waals surface area (Å²) in [5.74, 6) is 0. The van der Waals surface area contributed by atoms with Gasteiger partial charge in [-0.15, -0.1) is 0 Å². The van der Waals surface area contributed by atoms with Crippen molar-refractivity contribution in [2.24, 2.45) is 0 Å². The second-order valence-corrected chi connectivity index (χ2v) is 3.40. The Hall–Kier alpha value is -0.390. The number of hydrogen-bond acceptors (Lipinski definition) is 1. The third kappa shape index (κ3) is 3.50. The molecule has 1 aromatic carbocycles. The van der Waals surface area contributed by atoms with Crippen molar-refractivity contribution >= 4 is 13.9 Å². The second kappa shape index (κ2) is 5.29. The molecule has 0 aromatic heterocycles. The van der Waals surface area contributed by atoms with Crippen molar-refractivity contribution in [3.63, 3.8) is 0 Å². The Bertz CT molecular complexity index is 186. The summed E-state index contributed by atoms with van der Waals surface area (Å²) in [6.45, 7) is 2.84. The molecule has 0 spiro atoms. The number of ether oxygens (including phenoxy) is 1. The standard InChI is InChI=1S/C9H13OP/c1-2-10-8-11-9-6-4-3-5-7-9/h3-7,11H,2,8H2,1H3. The van der Waals surface area contributed by atoms with Gasteiger partial charge in [-0.25, -0.2) is 0 Å². The molecular formula is C9H13OP. The highest BCUT2D eigenvalue weighted by molar-refractivity contribution is 7.46. The molecule has 0 heterocycles. The fourth-order valence-corrected chi connectivity index (χ4v) is 1.69. The maximum Gasteiger partial charge on any atom is 0.0672 e. The maximum atomic E-state index is 5.25. The van der Waals surface area contributed by atoms with Crippen molar-refractivity contribution < 1.29 is 4.74 Å². The van der Waals surface area contributed by atoms with E-state index < -0.39 is 0 Å². The Morgan fingerprint density at radius 3 is 2.64 bits per heavy atom. The molecule has 2 heteroatoms. The molecular weight excluding hydrogens is 155 g/mol. The monoisotopic (exact) mass is 168 g/mol. The van der Waals surface area contributed by atoms with Gasteiger partial charge in [0.2, 0.25) is 0 Å². The fourth-order valence-electron chi connectivity index (χ4n) is 0.792. The molecule has 0 fully saturated rings. The normalized spacial score (nSPS) is 11.0. The minimum Gasteiger partial charge on any atom is -0.377 e. The van der Waals surface area contributed by atoms with E-state index in [9.17, 15) is 0 Å². The van der Waals surface area contributed by atoms with Gasteiger partial charge in [0.25, 0.3) is 0 Å². The first kappa shape index (κ1) is 8.70. The SMILES string of the molecule is CCOCPc1ccccc1. The molecule has 1 aromatic rings. The van der Waals surface area contributed by atoms with Crippen LogP contribution in [0.4, 0.5) is 0 Å². The highest BCUT2D eigenvalue weighted by Gasteiger charge is 1.88. The van der Waals surface area contributed by atoms with Crippen LogP contribution in [0.3, 0.4) is 0 Å². The van der Waals surface area contributed by atoms with E-state index in [2.05, 4.69) is 24.3 Å². The van der Waals surface area contributed by atoms with Gasteiger partial charge in [-0.05, 0) is 12.2 Å². The summed E-state index contributed by atoms with van der Waals surface area (Å²) in [5.41, 5.74) is 0. The van der Waals surface area contributed by atoms with E-state index in [0.717, 1.165) is 21.5 Å². The lowest BCUT2D eigenvalue weighted by atomic mass is 10.4.